The summed E-state index contributed by atoms with van der Waals surface area (Å²) < 4.78 is 2.38. The molecule has 0 spiro atoms. The third-order valence-electron chi connectivity index (χ3n) is 5.95. The summed E-state index contributed by atoms with van der Waals surface area (Å²) in [6, 6.07) is 19.3. The number of rotatable bonds is 4. The molecule has 2 aliphatic rings. The molecular weight excluding hydrogens is 348 g/mol. The van der Waals surface area contributed by atoms with Gasteiger partial charge in [-0.1, -0.05) is 42.5 Å². The van der Waals surface area contributed by atoms with Crippen molar-refractivity contribution in [3.8, 4) is 0 Å². The van der Waals surface area contributed by atoms with Crippen molar-refractivity contribution in [3.05, 3.63) is 60.2 Å². The fourth-order valence-corrected chi connectivity index (χ4v) is 4.25. The van der Waals surface area contributed by atoms with Gasteiger partial charge in [0.2, 0.25) is 5.95 Å². The summed E-state index contributed by atoms with van der Waals surface area (Å²) >= 11 is 0. The van der Waals surface area contributed by atoms with Crippen LogP contribution in [0.3, 0.4) is 0 Å². The zero-order valence-corrected chi connectivity index (χ0v) is 16.5. The van der Waals surface area contributed by atoms with E-state index in [4.69, 9.17) is 4.98 Å². The first-order chi connectivity index (χ1) is 13.8. The maximum atomic E-state index is 4.97. The summed E-state index contributed by atoms with van der Waals surface area (Å²) in [6.45, 7) is 7.17. The molecule has 6 heteroatoms. The van der Waals surface area contributed by atoms with Crippen LogP contribution in [0.25, 0.3) is 11.0 Å². The Morgan fingerprint density at radius 2 is 1.57 bits per heavy atom. The molecule has 5 rings (SSSR count). The first kappa shape index (κ1) is 17.7. The molecule has 0 amide bonds. The van der Waals surface area contributed by atoms with Crippen LogP contribution in [0, 0.1) is 0 Å². The molecule has 0 N–H and O–H groups in total. The number of imidazole rings is 1. The first-order valence-electron chi connectivity index (χ1n) is 10.2. The number of para-hydroxylation sites is 2. The zero-order valence-electron chi connectivity index (χ0n) is 16.5. The lowest BCUT2D eigenvalue weighted by atomic mass is 10.1. The Labute approximate surface area is 166 Å². The second-order valence-electron chi connectivity index (χ2n) is 7.87. The summed E-state index contributed by atoms with van der Waals surface area (Å²) in [4.78, 5) is 9.82. The van der Waals surface area contributed by atoms with E-state index in [-0.39, 0.29) is 0 Å². The van der Waals surface area contributed by atoms with Crippen molar-refractivity contribution in [2.24, 2.45) is 0 Å². The number of hydrogen-bond acceptors (Lipinski definition) is 5. The van der Waals surface area contributed by atoms with Crippen molar-refractivity contribution in [1.82, 2.24) is 24.5 Å². The SMILES string of the molecule is CN1CCN(N2CN(CCc3ccccc3)c3nc4ccccc4n3C2)CC1. The average molecular weight is 377 g/mol. The number of hydrazine groups is 1. The molecule has 0 unspecified atom stereocenters. The van der Waals surface area contributed by atoms with Crippen LogP contribution in [-0.2, 0) is 13.1 Å². The lowest BCUT2D eigenvalue weighted by molar-refractivity contribution is -0.0800. The molecule has 3 aromatic rings. The molecule has 0 aliphatic carbocycles. The average Bonchev–Trinajstić information content (AvgIpc) is 3.12. The molecule has 146 valence electrons. The minimum Gasteiger partial charge on any atom is -0.328 e. The van der Waals surface area contributed by atoms with Gasteiger partial charge in [-0.05, 0) is 31.2 Å². The molecule has 2 aromatic carbocycles. The first-order valence-corrected chi connectivity index (χ1v) is 10.2. The van der Waals surface area contributed by atoms with Crippen molar-refractivity contribution < 1.29 is 0 Å². The third kappa shape index (κ3) is 3.39. The maximum absolute atomic E-state index is 4.97. The predicted molar refractivity (Wildman–Crippen MR) is 113 cm³/mol. The fraction of sp³-hybridized carbons (Fsp3) is 0.409. The van der Waals surface area contributed by atoms with Crippen molar-refractivity contribution in [2.45, 2.75) is 13.1 Å². The molecule has 2 aliphatic heterocycles. The third-order valence-corrected chi connectivity index (χ3v) is 5.95. The summed E-state index contributed by atoms with van der Waals surface area (Å²) in [5, 5.41) is 5.02. The normalized spacial score (nSPS) is 19.2. The van der Waals surface area contributed by atoms with Gasteiger partial charge in [0.05, 0.1) is 24.4 Å². The number of fused-ring (bicyclic) bond motifs is 3. The largest absolute Gasteiger partial charge is 0.328 e. The lowest BCUT2D eigenvalue weighted by Crippen LogP contribution is -2.58. The molecule has 3 heterocycles. The number of hydrogen-bond donors (Lipinski definition) is 0. The van der Waals surface area contributed by atoms with Crippen LogP contribution in [-0.4, -0.2) is 70.9 Å². The van der Waals surface area contributed by atoms with E-state index in [1.807, 2.05) is 0 Å². The monoisotopic (exact) mass is 376 g/mol. The van der Waals surface area contributed by atoms with Gasteiger partial charge in [-0.15, -0.1) is 0 Å². The molecule has 0 radical (unpaired) electrons. The Morgan fingerprint density at radius 3 is 2.39 bits per heavy atom. The molecule has 0 bridgehead atoms. The van der Waals surface area contributed by atoms with Crippen LogP contribution in [0.4, 0.5) is 5.95 Å². The lowest BCUT2D eigenvalue weighted by Gasteiger charge is -2.45. The molecule has 1 aromatic heterocycles. The molecule has 0 saturated carbocycles. The van der Waals surface area contributed by atoms with Crippen molar-refractivity contribution in [2.75, 3.05) is 51.3 Å². The van der Waals surface area contributed by atoms with Gasteiger partial charge in [-0.25, -0.2) is 15.0 Å². The minimum atomic E-state index is 0.876. The quantitative estimate of drug-likeness (QED) is 0.698. The second kappa shape index (κ2) is 7.54. The van der Waals surface area contributed by atoms with E-state index in [0.717, 1.165) is 63.9 Å². The summed E-state index contributed by atoms with van der Waals surface area (Å²) in [5.41, 5.74) is 3.69. The molecular formula is C22H28N6. The van der Waals surface area contributed by atoms with E-state index in [9.17, 15) is 0 Å². The van der Waals surface area contributed by atoms with Crippen LogP contribution in [0.2, 0.25) is 0 Å². The molecule has 1 fully saturated rings. The van der Waals surface area contributed by atoms with Gasteiger partial charge >= 0.3 is 0 Å². The molecule has 0 atom stereocenters. The van der Waals surface area contributed by atoms with Crippen LogP contribution < -0.4 is 4.90 Å². The van der Waals surface area contributed by atoms with Crippen LogP contribution >= 0.6 is 0 Å². The highest BCUT2D eigenvalue weighted by Crippen LogP contribution is 2.28. The molecule has 6 nitrogen and oxygen atoms in total. The van der Waals surface area contributed by atoms with E-state index >= 15 is 0 Å². The highest BCUT2D eigenvalue weighted by Gasteiger charge is 2.30. The zero-order chi connectivity index (χ0) is 18.9. The van der Waals surface area contributed by atoms with Crippen molar-refractivity contribution in [1.29, 1.82) is 0 Å². The minimum absolute atomic E-state index is 0.876. The van der Waals surface area contributed by atoms with Gasteiger partial charge < -0.3 is 9.80 Å². The van der Waals surface area contributed by atoms with Gasteiger partial charge in [0.15, 0.2) is 0 Å². The van der Waals surface area contributed by atoms with Crippen molar-refractivity contribution >= 4 is 17.0 Å². The van der Waals surface area contributed by atoms with Crippen LogP contribution in [0.15, 0.2) is 54.6 Å². The number of aromatic nitrogens is 2. The fourth-order valence-electron chi connectivity index (χ4n) is 4.25. The van der Waals surface area contributed by atoms with Gasteiger partial charge in [0.1, 0.15) is 0 Å². The Bertz CT molecular complexity index is 929. The molecule has 28 heavy (non-hydrogen) atoms. The highest BCUT2D eigenvalue weighted by atomic mass is 15.7. The summed E-state index contributed by atoms with van der Waals surface area (Å²) in [6.07, 6.45) is 1.03. The molecule has 1 saturated heterocycles. The van der Waals surface area contributed by atoms with Crippen molar-refractivity contribution in [3.63, 3.8) is 0 Å². The van der Waals surface area contributed by atoms with E-state index < -0.39 is 0 Å². The number of likely N-dealkylation sites (N-methyl/N-ethyl adjacent to an activating group) is 1. The van der Waals surface area contributed by atoms with Gasteiger partial charge in [-0.3, -0.25) is 4.57 Å². The van der Waals surface area contributed by atoms with Crippen LogP contribution in [0.1, 0.15) is 5.56 Å². The predicted octanol–water partition coefficient (Wildman–Crippen LogP) is 2.48. The number of anilines is 1. The Morgan fingerprint density at radius 1 is 0.821 bits per heavy atom. The van der Waals surface area contributed by atoms with Crippen LogP contribution in [0.5, 0.6) is 0 Å². The smallest absolute Gasteiger partial charge is 0.208 e. The topological polar surface area (TPSA) is 30.8 Å². The number of nitrogens with zero attached hydrogens (tertiary/aromatic N) is 6. The Balaban J connectivity index is 1.43. The Hall–Kier alpha value is -2.41. The standard InChI is InChI=1S/C22H28N6/c1-24-13-15-26(16-14-24)27-17-25(12-11-19-7-3-2-4-8-19)22-23-20-9-5-6-10-21(20)28(22)18-27/h2-10H,11-18H2,1H3. The summed E-state index contributed by atoms with van der Waals surface area (Å²) in [7, 11) is 2.21. The van der Waals surface area contributed by atoms with E-state index in [1.165, 1.54) is 11.1 Å². The van der Waals surface area contributed by atoms with E-state index in [0.29, 0.717) is 0 Å². The second-order valence-corrected chi connectivity index (χ2v) is 7.87. The Kier molecular flexibility index (Phi) is 4.76. The van der Waals surface area contributed by atoms with Gasteiger partial charge in [0, 0.05) is 32.7 Å². The summed E-state index contributed by atoms with van der Waals surface area (Å²) in [5.74, 6) is 1.10. The number of benzene rings is 2. The van der Waals surface area contributed by atoms with E-state index in [1.54, 1.807) is 0 Å². The maximum Gasteiger partial charge on any atom is 0.208 e. The van der Waals surface area contributed by atoms with E-state index in [2.05, 4.69) is 86.0 Å². The van der Waals surface area contributed by atoms with Gasteiger partial charge in [-0.2, -0.15) is 0 Å². The highest BCUT2D eigenvalue weighted by molar-refractivity contribution is 5.79. The van der Waals surface area contributed by atoms with Gasteiger partial charge in [0.25, 0.3) is 0 Å². The number of piperazine rings is 1.